The maximum absolute atomic E-state index is 12.8. The van der Waals surface area contributed by atoms with Crippen LogP contribution in [0.2, 0.25) is 5.02 Å². The number of anilines is 2. The summed E-state index contributed by atoms with van der Waals surface area (Å²) in [6.07, 6.45) is 0.237. The third-order valence-electron chi connectivity index (χ3n) is 4.12. The van der Waals surface area contributed by atoms with E-state index in [1.807, 2.05) is 32.0 Å². The molecule has 3 rings (SSSR count). The highest BCUT2D eigenvalue weighted by Gasteiger charge is 2.29. The summed E-state index contributed by atoms with van der Waals surface area (Å²) in [5, 5.41) is 3.46. The van der Waals surface area contributed by atoms with Gasteiger partial charge in [-0.05, 0) is 49.7 Å². The normalized spacial score (nSPS) is 16.7. The van der Waals surface area contributed by atoms with Crippen LogP contribution in [0.25, 0.3) is 0 Å². The van der Waals surface area contributed by atoms with Gasteiger partial charge in [0.15, 0.2) is 6.61 Å². The van der Waals surface area contributed by atoms with E-state index >= 15 is 0 Å². The molecule has 0 saturated carbocycles. The third kappa shape index (κ3) is 3.77. The van der Waals surface area contributed by atoms with E-state index in [2.05, 4.69) is 5.32 Å². The zero-order valence-corrected chi connectivity index (χ0v) is 14.8. The monoisotopic (exact) mass is 358 g/mol. The lowest BCUT2D eigenvalue weighted by Gasteiger charge is -2.27. The summed E-state index contributed by atoms with van der Waals surface area (Å²) in [6.45, 7) is 3.61. The van der Waals surface area contributed by atoms with Gasteiger partial charge in [0, 0.05) is 17.5 Å². The number of amides is 2. The van der Waals surface area contributed by atoms with Crippen molar-refractivity contribution in [3.05, 3.63) is 53.1 Å². The number of ether oxygens (including phenoxy) is 1. The smallest absolute Gasteiger partial charge is 0.265 e. The van der Waals surface area contributed by atoms with Crippen molar-refractivity contribution in [3.8, 4) is 5.75 Å². The first-order valence-electron chi connectivity index (χ1n) is 8.05. The van der Waals surface area contributed by atoms with Crippen molar-refractivity contribution in [2.75, 3.05) is 16.8 Å². The zero-order chi connectivity index (χ0) is 18.0. The highest BCUT2D eigenvalue weighted by molar-refractivity contribution is 6.30. The number of rotatable bonds is 3. The van der Waals surface area contributed by atoms with Crippen molar-refractivity contribution in [2.45, 2.75) is 26.3 Å². The van der Waals surface area contributed by atoms with E-state index in [4.69, 9.17) is 16.3 Å². The molecule has 1 aliphatic heterocycles. The average Bonchev–Trinajstić information content (AvgIpc) is 2.68. The van der Waals surface area contributed by atoms with Crippen LogP contribution in [-0.4, -0.2) is 24.5 Å². The molecule has 1 atom stereocenters. The maximum atomic E-state index is 12.8. The molecule has 2 aromatic carbocycles. The van der Waals surface area contributed by atoms with Crippen LogP contribution < -0.4 is 15.0 Å². The summed E-state index contributed by atoms with van der Waals surface area (Å²) in [5.41, 5.74) is 2.18. The van der Waals surface area contributed by atoms with Crippen LogP contribution in [0, 0.1) is 6.92 Å². The highest BCUT2D eigenvalue weighted by Crippen LogP contribution is 2.31. The van der Waals surface area contributed by atoms with Gasteiger partial charge in [0.25, 0.3) is 5.91 Å². The van der Waals surface area contributed by atoms with Crippen LogP contribution >= 0.6 is 11.6 Å². The Hall–Kier alpha value is -2.53. The molecule has 0 radical (unpaired) electrons. The van der Waals surface area contributed by atoms with Crippen molar-refractivity contribution in [1.29, 1.82) is 0 Å². The Kier molecular flexibility index (Phi) is 4.95. The van der Waals surface area contributed by atoms with Crippen molar-refractivity contribution >= 4 is 34.8 Å². The van der Waals surface area contributed by atoms with Gasteiger partial charge in [-0.3, -0.25) is 9.59 Å². The van der Waals surface area contributed by atoms with Gasteiger partial charge in [-0.1, -0.05) is 23.7 Å². The van der Waals surface area contributed by atoms with E-state index in [-0.39, 0.29) is 30.9 Å². The van der Waals surface area contributed by atoms with Crippen molar-refractivity contribution in [1.82, 2.24) is 0 Å². The summed E-state index contributed by atoms with van der Waals surface area (Å²) in [7, 11) is 0. The van der Waals surface area contributed by atoms with E-state index in [1.54, 1.807) is 29.2 Å². The van der Waals surface area contributed by atoms with Crippen molar-refractivity contribution in [2.24, 2.45) is 0 Å². The molecule has 1 N–H and O–H groups in total. The molecule has 130 valence electrons. The molecule has 5 nitrogen and oxygen atoms in total. The quantitative estimate of drug-likeness (QED) is 0.908. The van der Waals surface area contributed by atoms with Crippen LogP contribution in [0.1, 0.15) is 18.9 Å². The average molecular weight is 359 g/mol. The van der Waals surface area contributed by atoms with E-state index < -0.39 is 0 Å². The minimum Gasteiger partial charge on any atom is -0.483 e. The summed E-state index contributed by atoms with van der Waals surface area (Å²) < 4.78 is 5.68. The van der Waals surface area contributed by atoms with Gasteiger partial charge in [0.2, 0.25) is 5.91 Å². The number of benzene rings is 2. The Morgan fingerprint density at radius 2 is 2.08 bits per heavy atom. The molecule has 0 saturated heterocycles. The number of nitrogens with one attached hydrogen (secondary N) is 1. The van der Waals surface area contributed by atoms with Crippen LogP contribution in [0.5, 0.6) is 5.75 Å². The van der Waals surface area contributed by atoms with Gasteiger partial charge in [-0.15, -0.1) is 0 Å². The molecule has 0 aliphatic carbocycles. The molecule has 0 unspecified atom stereocenters. The third-order valence-corrected chi connectivity index (χ3v) is 4.35. The number of fused-ring (bicyclic) bond motifs is 1. The first-order valence-corrected chi connectivity index (χ1v) is 8.43. The summed E-state index contributed by atoms with van der Waals surface area (Å²) in [5.74, 6) is 0.304. The molecular formula is C19H19ClN2O3. The molecule has 6 heteroatoms. The minimum atomic E-state index is -0.258. The standard InChI is InChI=1S/C19H19ClN2O3/c1-12-9-14(20)7-8-17(12)25-11-19(24)22-13(2)10-18(23)21-15-5-3-4-6-16(15)22/h3-9,13H,10-11H2,1-2H3,(H,21,23)/t13-/m1/s1. The lowest BCUT2D eigenvalue weighted by molar-refractivity contribution is -0.121. The SMILES string of the molecule is Cc1cc(Cl)ccc1OCC(=O)N1c2ccccc2NC(=O)C[C@H]1C. The van der Waals surface area contributed by atoms with Gasteiger partial charge < -0.3 is 15.0 Å². The summed E-state index contributed by atoms with van der Waals surface area (Å²) >= 11 is 5.94. The van der Waals surface area contributed by atoms with Gasteiger partial charge in [0.1, 0.15) is 5.75 Å². The number of aryl methyl sites for hydroxylation is 1. The molecule has 0 spiro atoms. The van der Waals surface area contributed by atoms with Gasteiger partial charge >= 0.3 is 0 Å². The van der Waals surface area contributed by atoms with Crippen LogP contribution in [-0.2, 0) is 9.59 Å². The second-order valence-corrected chi connectivity index (χ2v) is 6.52. The largest absolute Gasteiger partial charge is 0.483 e. The minimum absolute atomic E-state index is 0.107. The molecule has 2 aromatic rings. The summed E-state index contributed by atoms with van der Waals surface area (Å²) in [4.78, 5) is 26.4. The molecule has 0 fully saturated rings. The molecule has 1 heterocycles. The second-order valence-electron chi connectivity index (χ2n) is 6.08. The molecule has 0 bridgehead atoms. The van der Waals surface area contributed by atoms with Gasteiger partial charge in [0.05, 0.1) is 11.4 Å². The molecule has 2 amide bonds. The van der Waals surface area contributed by atoms with E-state index in [1.165, 1.54) is 0 Å². The Morgan fingerprint density at radius 1 is 1.32 bits per heavy atom. The molecular weight excluding hydrogens is 340 g/mol. The number of halogens is 1. The fourth-order valence-corrected chi connectivity index (χ4v) is 3.18. The fourth-order valence-electron chi connectivity index (χ4n) is 2.95. The van der Waals surface area contributed by atoms with Crippen LogP contribution in [0.3, 0.4) is 0 Å². The lowest BCUT2D eigenvalue weighted by atomic mass is 10.1. The fraction of sp³-hybridized carbons (Fsp3) is 0.263. The highest BCUT2D eigenvalue weighted by atomic mass is 35.5. The number of nitrogens with zero attached hydrogens (tertiary/aromatic N) is 1. The second kappa shape index (κ2) is 7.15. The van der Waals surface area contributed by atoms with Crippen LogP contribution in [0.15, 0.2) is 42.5 Å². The molecule has 0 aromatic heterocycles. The number of hydrogen-bond donors (Lipinski definition) is 1. The molecule has 25 heavy (non-hydrogen) atoms. The Bertz CT molecular complexity index is 822. The Labute approximate surface area is 151 Å². The maximum Gasteiger partial charge on any atom is 0.265 e. The summed E-state index contributed by atoms with van der Waals surface area (Å²) in [6, 6.07) is 12.3. The van der Waals surface area contributed by atoms with Gasteiger partial charge in [-0.25, -0.2) is 0 Å². The van der Waals surface area contributed by atoms with Crippen molar-refractivity contribution < 1.29 is 14.3 Å². The topological polar surface area (TPSA) is 58.6 Å². The predicted octanol–water partition coefficient (Wildman–Crippen LogP) is 3.79. The van der Waals surface area contributed by atoms with Crippen molar-refractivity contribution in [3.63, 3.8) is 0 Å². The number of hydrogen-bond acceptors (Lipinski definition) is 3. The number of para-hydroxylation sites is 2. The van der Waals surface area contributed by atoms with E-state index in [9.17, 15) is 9.59 Å². The van der Waals surface area contributed by atoms with E-state index in [0.717, 1.165) is 5.56 Å². The first kappa shape index (κ1) is 17.3. The molecule has 1 aliphatic rings. The van der Waals surface area contributed by atoms with E-state index in [0.29, 0.717) is 22.1 Å². The number of carbonyl (C=O) groups is 2. The Balaban J connectivity index is 1.81. The van der Waals surface area contributed by atoms with Gasteiger partial charge in [-0.2, -0.15) is 0 Å². The van der Waals surface area contributed by atoms with Crippen LogP contribution in [0.4, 0.5) is 11.4 Å². The predicted molar refractivity (Wildman–Crippen MR) is 98.3 cm³/mol. The lowest BCUT2D eigenvalue weighted by Crippen LogP contribution is -2.41. The zero-order valence-electron chi connectivity index (χ0n) is 14.1. The first-order chi connectivity index (χ1) is 12.0. The number of carbonyl (C=O) groups excluding carboxylic acids is 2. The Morgan fingerprint density at radius 3 is 2.84 bits per heavy atom.